The Labute approximate surface area is 83.1 Å². The highest BCUT2D eigenvalue weighted by Gasteiger charge is 2.03. The van der Waals surface area contributed by atoms with Crippen molar-refractivity contribution in [1.29, 1.82) is 0 Å². The van der Waals surface area contributed by atoms with E-state index in [0.29, 0.717) is 11.3 Å². The molecular formula is C10H11NOS. The van der Waals surface area contributed by atoms with Crippen molar-refractivity contribution in [2.45, 2.75) is 11.8 Å². The Morgan fingerprint density at radius 3 is 2.62 bits per heavy atom. The number of carbonyl (C=O) groups excluding carboxylic acids is 1. The van der Waals surface area contributed by atoms with Gasteiger partial charge in [0.25, 0.3) is 5.91 Å². The second-order valence-corrected chi connectivity index (χ2v) is 3.23. The van der Waals surface area contributed by atoms with E-state index >= 15 is 0 Å². The predicted octanol–water partition coefficient (Wildman–Crippen LogP) is 2.49. The van der Waals surface area contributed by atoms with E-state index in [-0.39, 0.29) is 5.91 Å². The van der Waals surface area contributed by atoms with Crippen LogP contribution in [0.1, 0.15) is 6.92 Å². The highest BCUT2D eigenvalue weighted by molar-refractivity contribution is 7.80. The van der Waals surface area contributed by atoms with Gasteiger partial charge < -0.3 is 5.32 Å². The topological polar surface area (TPSA) is 29.1 Å². The lowest BCUT2D eigenvalue weighted by molar-refractivity contribution is -0.112. The molecular weight excluding hydrogens is 182 g/mol. The monoisotopic (exact) mass is 193 g/mol. The van der Waals surface area contributed by atoms with Gasteiger partial charge in [-0.05, 0) is 19.1 Å². The summed E-state index contributed by atoms with van der Waals surface area (Å²) in [6, 6.07) is 7.31. The standard InChI is InChI=1S/C10H11NOS/c1-7(2)10(12)11-8-5-3-4-6-9(8)13/h3-6,13H,1H2,2H3,(H,11,12). The predicted molar refractivity (Wildman–Crippen MR) is 57.1 cm³/mol. The van der Waals surface area contributed by atoms with Crippen LogP contribution in [0, 0.1) is 0 Å². The van der Waals surface area contributed by atoms with E-state index in [9.17, 15) is 4.79 Å². The fourth-order valence-corrected chi connectivity index (χ4v) is 1.02. The summed E-state index contributed by atoms with van der Waals surface area (Å²) in [5.74, 6) is -0.179. The summed E-state index contributed by atoms with van der Waals surface area (Å²) in [5, 5.41) is 2.69. The summed E-state index contributed by atoms with van der Waals surface area (Å²) < 4.78 is 0. The van der Waals surface area contributed by atoms with Crippen molar-refractivity contribution in [3.05, 3.63) is 36.4 Å². The summed E-state index contributed by atoms with van der Waals surface area (Å²) >= 11 is 4.20. The van der Waals surface area contributed by atoms with Gasteiger partial charge in [-0.2, -0.15) is 0 Å². The first-order valence-electron chi connectivity index (χ1n) is 3.86. The molecule has 0 aliphatic carbocycles. The molecule has 0 spiro atoms. The maximum atomic E-state index is 11.2. The number of hydrogen-bond donors (Lipinski definition) is 2. The van der Waals surface area contributed by atoms with Gasteiger partial charge in [-0.25, -0.2) is 0 Å². The molecule has 0 saturated heterocycles. The molecule has 0 radical (unpaired) electrons. The number of carbonyl (C=O) groups is 1. The molecule has 0 aliphatic heterocycles. The van der Waals surface area contributed by atoms with Gasteiger partial charge >= 0.3 is 0 Å². The lowest BCUT2D eigenvalue weighted by Gasteiger charge is -2.06. The van der Waals surface area contributed by atoms with Crippen LogP contribution in [-0.4, -0.2) is 5.91 Å². The zero-order valence-corrected chi connectivity index (χ0v) is 8.27. The van der Waals surface area contributed by atoms with Crippen LogP contribution in [0.2, 0.25) is 0 Å². The van der Waals surface area contributed by atoms with E-state index < -0.39 is 0 Å². The van der Waals surface area contributed by atoms with Gasteiger partial charge in [-0.1, -0.05) is 18.7 Å². The van der Waals surface area contributed by atoms with Crippen LogP contribution in [0.25, 0.3) is 0 Å². The number of anilines is 1. The summed E-state index contributed by atoms with van der Waals surface area (Å²) in [6.45, 7) is 5.21. The summed E-state index contributed by atoms with van der Waals surface area (Å²) in [5.41, 5.74) is 1.19. The largest absolute Gasteiger partial charge is 0.321 e. The van der Waals surface area contributed by atoms with Crippen molar-refractivity contribution in [3.63, 3.8) is 0 Å². The number of nitrogens with one attached hydrogen (secondary N) is 1. The van der Waals surface area contributed by atoms with Crippen molar-refractivity contribution in [2.24, 2.45) is 0 Å². The number of thiol groups is 1. The Morgan fingerprint density at radius 2 is 2.08 bits per heavy atom. The molecule has 13 heavy (non-hydrogen) atoms. The third-order valence-corrected chi connectivity index (χ3v) is 1.93. The molecule has 0 atom stereocenters. The van der Waals surface area contributed by atoms with Crippen LogP contribution in [0.3, 0.4) is 0 Å². The van der Waals surface area contributed by atoms with Crippen LogP contribution in [0.15, 0.2) is 41.3 Å². The van der Waals surface area contributed by atoms with Gasteiger partial charge in [0.15, 0.2) is 0 Å². The number of benzene rings is 1. The number of amides is 1. The molecule has 0 saturated carbocycles. The zero-order chi connectivity index (χ0) is 9.84. The smallest absolute Gasteiger partial charge is 0.250 e. The Kier molecular flexibility index (Phi) is 3.14. The van der Waals surface area contributed by atoms with Crippen LogP contribution in [-0.2, 0) is 4.79 Å². The lowest BCUT2D eigenvalue weighted by atomic mass is 10.3. The average Bonchev–Trinajstić information content (AvgIpc) is 2.08. The first kappa shape index (κ1) is 9.86. The second-order valence-electron chi connectivity index (χ2n) is 2.75. The molecule has 0 fully saturated rings. The van der Waals surface area contributed by atoms with Crippen molar-refractivity contribution in [2.75, 3.05) is 5.32 Å². The first-order valence-corrected chi connectivity index (χ1v) is 4.31. The molecule has 2 nitrogen and oxygen atoms in total. The maximum absolute atomic E-state index is 11.2. The normalized spacial score (nSPS) is 9.38. The number of para-hydroxylation sites is 1. The summed E-state index contributed by atoms with van der Waals surface area (Å²) in [6.07, 6.45) is 0. The van der Waals surface area contributed by atoms with E-state index in [1.165, 1.54) is 0 Å². The van der Waals surface area contributed by atoms with E-state index in [1.807, 2.05) is 18.2 Å². The fraction of sp³-hybridized carbons (Fsp3) is 0.100. The molecule has 0 bridgehead atoms. The van der Waals surface area contributed by atoms with Gasteiger partial charge in [-0.15, -0.1) is 12.6 Å². The Balaban J connectivity index is 2.81. The maximum Gasteiger partial charge on any atom is 0.250 e. The first-order chi connectivity index (χ1) is 6.11. The Hall–Kier alpha value is -1.22. The Bertz CT molecular complexity index is 347. The molecule has 1 amide bonds. The molecule has 1 aromatic rings. The molecule has 1 N–H and O–H groups in total. The second kappa shape index (κ2) is 4.14. The van der Waals surface area contributed by atoms with Crippen LogP contribution >= 0.6 is 12.6 Å². The molecule has 3 heteroatoms. The third kappa shape index (κ3) is 2.63. The third-order valence-electron chi connectivity index (χ3n) is 1.54. The van der Waals surface area contributed by atoms with Crippen molar-refractivity contribution in [3.8, 4) is 0 Å². The van der Waals surface area contributed by atoms with Gasteiger partial charge in [0, 0.05) is 10.5 Å². The fourth-order valence-electron chi connectivity index (χ4n) is 0.808. The lowest BCUT2D eigenvalue weighted by Crippen LogP contribution is -2.12. The highest BCUT2D eigenvalue weighted by Crippen LogP contribution is 2.18. The highest BCUT2D eigenvalue weighted by atomic mass is 32.1. The zero-order valence-electron chi connectivity index (χ0n) is 7.37. The minimum atomic E-state index is -0.179. The van der Waals surface area contributed by atoms with Crippen LogP contribution < -0.4 is 5.32 Å². The van der Waals surface area contributed by atoms with Crippen molar-refractivity contribution >= 4 is 24.2 Å². The van der Waals surface area contributed by atoms with Gasteiger partial charge in [0.1, 0.15) is 0 Å². The average molecular weight is 193 g/mol. The minimum absolute atomic E-state index is 0.179. The molecule has 0 aliphatic rings. The molecule has 68 valence electrons. The SMILES string of the molecule is C=C(C)C(=O)Nc1ccccc1S. The molecule has 1 aromatic carbocycles. The van der Waals surface area contributed by atoms with Gasteiger partial charge in [-0.3, -0.25) is 4.79 Å². The molecule has 0 heterocycles. The molecule has 0 aromatic heterocycles. The summed E-state index contributed by atoms with van der Waals surface area (Å²) in [4.78, 5) is 12.0. The molecule has 1 rings (SSSR count). The minimum Gasteiger partial charge on any atom is -0.321 e. The van der Waals surface area contributed by atoms with Crippen LogP contribution in [0.4, 0.5) is 5.69 Å². The van der Waals surface area contributed by atoms with E-state index in [0.717, 1.165) is 4.90 Å². The summed E-state index contributed by atoms with van der Waals surface area (Å²) in [7, 11) is 0. The number of hydrogen-bond acceptors (Lipinski definition) is 2. The van der Waals surface area contributed by atoms with E-state index in [1.54, 1.807) is 13.0 Å². The van der Waals surface area contributed by atoms with Gasteiger partial charge in [0.2, 0.25) is 0 Å². The van der Waals surface area contributed by atoms with Crippen LogP contribution in [0.5, 0.6) is 0 Å². The van der Waals surface area contributed by atoms with E-state index in [2.05, 4.69) is 24.5 Å². The van der Waals surface area contributed by atoms with E-state index in [4.69, 9.17) is 0 Å². The van der Waals surface area contributed by atoms with Gasteiger partial charge in [0.05, 0.1) is 5.69 Å². The van der Waals surface area contributed by atoms with Crippen molar-refractivity contribution in [1.82, 2.24) is 0 Å². The Morgan fingerprint density at radius 1 is 1.46 bits per heavy atom. The molecule has 0 unspecified atom stereocenters. The quantitative estimate of drug-likeness (QED) is 0.548. The van der Waals surface area contributed by atoms with Crippen molar-refractivity contribution < 1.29 is 4.79 Å². The number of rotatable bonds is 2.